The Morgan fingerprint density at radius 3 is 2.65 bits per heavy atom. The molecule has 94 valence electrons. The average Bonchev–Trinajstić information content (AvgIpc) is 2.95. The van der Waals surface area contributed by atoms with E-state index in [4.69, 9.17) is 4.98 Å². The monoisotopic (exact) mass is 234 g/mol. The SMILES string of the molecule is C1CCNC(c2nc(C3CCCC3)n[nH]2)CC1. The van der Waals surface area contributed by atoms with Gasteiger partial charge in [0, 0.05) is 5.92 Å². The van der Waals surface area contributed by atoms with Crippen LogP contribution in [0.15, 0.2) is 0 Å². The predicted molar refractivity (Wildman–Crippen MR) is 66.8 cm³/mol. The fourth-order valence-electron chi connectivity index (χ4n) is 3.07. The summed E-state index contributed by atoms with van der Waals surface area (Å²) in [5.41, 5.74) is 0. The van der Waals surface area contributed by atoms with Gasteiger partial charge in [0.1, 0.15) is 5.82 Å². The van der Waals surface area contributed by atoms with E-state index in [0.717, 1.165) is 18.2 Å². The zero-order valence-electron chi connectivity index (χ0n) is 10.4. The Balaban J connectivity index is 1.70. The van der Waals surface area contributed by atoms with Crippen LogP contribution in [0.2, 0.25) is 0 Å². The van der Waals surface area contributed by atoms with Crippen molar-refractivity contribution >= 4 is 0 Å². The van der Waals surface area contributed by atoms with Crippen molar-refractivity contribution < 1.29 is 0 Å². The summed E-state index contributed by atoms with van der Waals surface area (Å²) < 4.78 is 0. The standard InChI is InChI=1S/C13H22N4/c1-2-8-11(14-9-5-1)13-15-12(16-17-13)10-6-3-4-7-10/h10-11,14H,1-9H2,(H,15,16,17). The summed E-state index contributed by atoms with van der Waals surface area (Å²) in [6.45, 7) is 1.12. The first kappa shape index (κ1) is 11.2. The van der Waals surface area contributed by atoms with Crippen LogP contribution in [0.25, 0.3) is 0 Å². The van der Waals surface area contributed by atoms with Gasteiger partial charge in [-0.1, -0.05) is 25.7 Å². The Morgan fingerprint density at radius 1 is 0.941 bits per heavy atom. The van der Waals surface area contributed by atoms with E-state index in [1.165, 1.54) is 51.4 Å². The lowest BCUT2D eigenvalue weighted by Gasteiger charge is -2.11. The van der Waals surface area contributed by atoms with E-state index < -0.39 is 0 Å². The number of nitrogens with one attached hydrogen (secondary N) is 2. The van der Waals surface area contributed by atoms with E-state index in [1.807, 2.05) is 0 Å². The molecule has 4 nitrogen and oxygen atoms in total. The molecule has 1 aliphatic carbocycles. The van der Waals surface area contributed by atoms with Gasteiger partial charge in [-0.2, -0.15) is 5.10 Å². The van der Waals surface area contributed by atoms with E-state index in [-0.39, 0.29) is 0 Å². The average molecular weight is 234 g/mol. The molecule has 1 aliphatic heterocycles. The highest BCUT2D eigenvalue weighted by atomic mass is 15.2. The highest BCUT2D eigenvalue weighted by Crippen LogP contribution is 2.32. The van der Waals surface area contributed by atoms with E-state index in [9.17, 15) is 0 Å². The zero-order valence-corrected chi connectivity index (χ0v) is 10.4. The van der Waals surface area contributed by atoms with Gasteiger partial charge in [-0.25, -0.2) is 4.98 Å². The minimum atomic E-state index is 0.403. The zero-order chi connectivity index (χ0) is 11.5. The van der Waals surface area contributed by atoms with Crippen molar-refractivity contribution in [2.45, 2.75) is 63.3 Å². The number of aromatic nitrogens is 3. The van der Waals surface area contributed by atoms with Gasteiger partial charge in [0.25, 0.3) is 0 Å². The van der Waals surface area contributed by atoms with Gasteiger partial charge in [0.2, 0.25) is 0 Å². The molecule has 0 radical (unpaired) electrons. The summed E-state index contributed by atoms with van der Waals surface area (Å²) in [7, 11) is 0. The molecule has 2 fully saturated rings. The first-order valence-electron chi connectivity index (χ1n) is 7.09. The molecule has 2 aliphatic rings. The van der Waals surface area contributed by atoms with Gasteiger partial charge < -0.3 is 5.32 Å². The lowest BCUT2D eigenvalue weighted by atomic mass is 10.1. The van der Waals surface area contributed by atoms with Crippen molar-refractivity contribution in [1.82, 2.24) is 20.5 Å². The molecule has 1 aromatic rings. The molecular formula is C13H22N4. The molecule has 17 heavy (non-hydrogen) atoms. The summed E-state index contributed by atoms with van der Waals surface area (Å²) in [6, 6.07) is 0.403. The smallest absolute Gasteiger partial charge is 0.153 e. The van der Waals surface area contributed by atoms with Crippen molar-refractivity contribution in [1.29, 1.82) is 0 Å². The molecule has 3 rings (SSSR count). The molecule has 1 saturated heterocycles. The normalized spacial score (nSPS) is 27.2. The number of hydrogen-bond donors (Lipinski definition) is 2. The molecule has 0 spiro atoms. The summed E-state index contributed by atoms with van der Waals surface area (Å²) in [6.07, 6.45) is 10.4. The van der Waals surface area contributed by atoms with Crippen LogP contribution in [-0.4, -0.2) is 21.7 Å². The van der Waals surface area contributed by atoms with Crippen LogP contribution in [0.5, 0.6) is 0 Å². The Hall–Kier alpha value is -0.900. The molecular weight excluding hydrogens is 212 g/mol. The molecule has 1 saturated carbocycles. The second-order valence-electron chi connectivity index (χ2n) is 5.42. The van der Waals surface area contributed by atoms with E-state index >= 15 is 0 Å². The van der Waals surface area contributed by atoms with Gasteiger partial charge in [-0.05, 0) is 32.2 Å². The number of nitrogens with zero attached hydrogens (tertiary/aromatic N) is 2. The van der Waals surface area contributed by atoms with Crippen molar-refractivity contribution in [3.63, 3.8) is 0 Å². The highest BCUT2D eigenvalue weighted by Gasteiger charge is 2.23. The van der Waals surface area contributed by atoms with Gasteiger partial charge in [-0.3, -0.25) is 5.10 Å². The molecule has 0 bridgehead atoms. The van der Waals surface area contributed by atoms with Gasteiger partial charge in [0.05, 0.1) is 6.04 Å². The van der Waals surface area contributed by atoms with Crippen LogP contribution in [0.1, 0.15) is 75.0 Å². The van der Waals surface area contributed by atoms with Crippen LogP contribution in [0.3, 0.4) is 0 Å². The summed E-state index contributed by atoms with van der Waals surface area (Å²) >= 11 is 0. The number of H-pyrrole nitrogens is 1. The second kappa shape index (κ2) is 5.17. The van der Waals surface area contributed by atoms with E-state index in [1.54, 1.807) is 0 Å². The van der Waals surface area contributed by atoms with Crippen LogP contribution >= 0.6 is 0 Å². The molecule has 0 aromatic carbocycles. The first-order chi connectivity index (χ1) is 8.43. The Morgan fingerprint density at radius 2 is 1.76 bits per heavy atom. The predicted octanol–water partition coefficient (Wildman–Crippen LogP) is 2.67. The van der Waals surface area contributed by atoms with Crippen LogP contribution < -0.4 is 5.32 Å². The molecule has 2 heterocycles. The minimum Gasteiger partial charge on any atom is -0.307 e. The first-order valence-corrected chi connectivity index (χ1v) is 7.09. The van der Waals surface area contributed by atoms with E-state index in [0.29, 0.717) is 12.0 Å². The Kier molecular flexibility index (Phi) is 3.41. The minimum absolute atomic E-state index is 0.403. The fourth-order valence-corrected chi connectivity index (χ4v) is 3.07. The molecule has 2 N–H and O–H groups in total. The van der Waals surface area contributed by atoms with Gasteiger partial charge in [-0.15, -0.1) is 0 Å². The highest BCUT2D eigenvalue weighted by molar-refractivity contribution is 5.03. The van der Waals surface area contributed by atoms with Crippen molar-refractivity contribution in [3.8, 4) is 0 Å². The maximum atomic E-state index is 4.73. The molecule has 1 unspecified atom stereocenters. The second-order valence-corrected chi connectivity index (χ2v) is 5.42. The molecule has 4 heteroatoms. The summed E-state index contributed by atoms with van der Waals surface area (Å²) in [4.78, 5) is 4.73. The molecule has 0 amide bonds. The molecule has 1 atom stereocenters. The Labute approximate surface area is 103 Å². The lowest BCUT2D eigenvalue weighted by molar-refractivity contribution is 0.508. The summed E-state index contributed by atoms with van der Waals surface area (Å²) in [5, 5.41) is 11.2. The third-order valence-electron chi connectivity index (χ3n) is 4.13. The number of rotatable bonds is 2. The van der Waals surface area contributed by atoms with Crippen molar-refractivity contribution in [2.75, 3.05) is 6.54 Å². The lowest BCUT2D eigenvalue weighted by Crippen LogP contribution is -2.21. The Bertz CT molecular complexity index is 346. The van der Waals surface area contributed by atoms with E-state index in [2.05, 4.69) is 15.5 Å². The van der Waals surface area contributed by atoms with Gasteiger partial charge in [0.15, 0.2) is 5.82 Å². The number of aromatic amines is 1. The third-order valence-corrected chi connectivity index (χ3v) is 4.13. The quantitative estimate of drug-likeness (QED) is 0.827. The van der Waals surface area contributed by atoms with Crippen molar-refractivity contribution in [3.05, 3.63) is 11.6 Å². The summed E-state index contributed by atoms with van der Waals surface area (Å²) in [5.74, 6) is 2.74. The van der Waals surface area contributed by atoms with Crippen molar-refractivity contribution in [2.24, 2.45) is 0 Å². The van der Waals surface area contributed by atoms with Crippen LogP contribution in [0, 0.1) is 0 Å². The topological polar surface area (TPSA) is 53.6 Å². The fraction of sp³-hybridized carbons (Fsp3) is 0.846. The largest absolute Gasteiger partial charge is 0.307 e. The van der Waals surface area contributed by atoms with Crippen LogP contribution in [0.4, 0.5) is 0 Å². The maximum Gasteiger partial charge on any atom is 0.153 e. The molecule has 1 aromatic heterocycles. The number of hydrogen-bond acceptors (Lipinski definition) is 3. The third kappa shape index (κ3) is 2.51. The maximum absolute atomic E-state index is 4.73. The van der Waals surface area contributed by atoms with Crippen LogP contribution in [-0.2, 0) is 0 Å². The van der Waals surface area contributed by atoms with Gasteiger partial charge >= 0.3 is 0 Å².